The lowest BCUT2D eigenvalue weighted by atomic mass is 10.0. The Morgan fingerprint density at radius 2 is 1.34 bits per heavy atom. The highest BCUT2D eigenvalue weighted by Gasteiger charge is 2.00. The Hall–Kier alpha value is -1.42. The van der Waals surface area contributed by atoms with E-state index in [4.69, 9.17) is 0 Å². The number of aromatic nitrogens is 1. The van der Waals surface area contributed by atoms with Gasteiger partial charge in [-0.3, -0.25) is 5.43 Å². The molecule has 0 aliphatic carbocycles. The van der Waals surface area contributed by atoms with Crippen molar-refractivity contribution >= 4 is 32.9 Å². The van der Waals surface area contributed by atoms with Crippen molar-refractivity contribution in [3.8, 4) is 0 Å². The molecule has 1 aromatic carbocycles. The average molecular weight is 416 g/mol. The summed E-state index contributed by atoms with van der Waals surface area (Å²) in [5.41, 5.74) is 4.10. The summed E-state index contributed by atoms with van der Waals surface area (Å²) in [5.74, 6) is 0. The molecule has 2 rings (SSSR count). The first kappa shape index (κ1) is 23.9. The lowest BCUT2D eigenvalue weighted by molar-refractivity contribution is 0.533. The van der Waals surface area contributed by atoms with E-state index < -0.39 is 0 Å². The van der Waals surface area contributed by atoms with Gasteiger partial charge in [-0.15, -0.1) is 0 Å². The monoisotopic (exact) mass is 415 g/mol. The SMILES string of the molecule is CCCCCCCCCCCCCCCCC/C=N/Nc1nc2ccccc2s1. The van der Waals surface area contributed by atoms with Gasteiger partial charge in [-0.1, -0.05) is 120 Å². The summed E-state index contributed by atoms with van der Waals surface area (Å²) in [4.78, 5) is 4.52. The van der Waals surface area contributed by atoms with Crippen LogP contribution in [0.4, 0.5) is 5.13 Å². The van der Waals surface area contributed by atoms with Gasteiger partial charge in [0.25, 0.3) is 0 Å². The van der Waals surface area contributed by atoms with Crippen molar-refractivity contribution in [2.45, 2.75) is 110 Å². The van der Waals surface area contributed by atoms with Gasteiger partial charge in [-0.2, -0.15) is 5.10 Å². The summed E-state index contributed by atoms with van der Waals surface area (Å²) in [5, 5.41) is 5.19. The fraction of sp³-hybridized carbons (Fsp3) is 0.680. The van der Waals surface area contributed by atoms with Crippen molar-refractivity contribution in [1.82, 2.24) is 4.98 Å². The molecule has 4 heteroatoms. The predicted molar refractivity (Wildman–Crippen MR) is 131 cm³/mol. The van der Waals surface area contributed by atoms with Crippen LogP contribution in [0.2, 0.25) is 0 Å². The summed E-state index contributed by atoms with van der Waals surface area (Å²) in [6.07, 6.45) is 24.2. The Kier molecular flexibility index (Phi) is 13.5. The summed E-state index contributed by atoms with van der Waals surface area (Å²) < 4.78 is 1.20. The van der Waals surface area contributed by atoms with Crippen LogP contribution in [-0.2, 0) is 0 Å². The third-order valence-corrected chi connectivity index (χ3v) is 6.42. The number of unbranched alkanes of at least 4 members (excludes halogenated alkanes) is 15. The van der Waals surface area contributed by atoms with Gasteiger partial charge in [-0.25, -0.2) is 4.98 Å². The van der Waals surface area contributed by atoms with E-state index in [1.807, 2.05) is 24.4 Å². The number of hydrogen-bond donors (Lipinski definition) is 1. The van der Waals surface area contributed by atoms with Crippen LogP contribution in [-0.4, -0.2) is 11.2 Å². The minimum atomic E-state index is 0.874. The van der Waals surface area contributed by atoms with Gasteiger partial charge in [0.05, 0.1) is 10.2 Å². The molecule has 2 aromatic rings. The number of para-hydroxylation sites is 1. The molecular formula is C25H41N3S. The van der Waals surface area contributed by atoms with Crippen LogP contribution >= 0.6 is 11.3 Å². The summed E-state index contributed by atoms with van der Waals surface area (Å²) in [6, 6.07) is 8.20. The van der Waals surface area contributed by atoms with Crippen molar-refractivity contribution in [1.29, 1.82) is 0 Å². The Balaban J connectivity index is 1.32. The molecule has 3 nitrogen and oxygen atoms in total. The van der Waals surface area contributed by atoms with Gasteiger partial charge in [0.15, 0.2) is 0 Å². The van der Waals surface area contributed by atoms with Crippen molar-refractivity contribution in [2.75, 3.05) is 5.43 Å². The van der Waals surface area contributed by atoms with Gasteiger partial charge in [-0.05, 0) is 25.0 Å². The highest BCUT2D eigenvalue weighted by molar-refractivity contribution is 7.22. The summed E-state index contributed by atoms with van der Waals surface area (Å²) in [6.45, 7) is 2.29. The number of nitrogens with one attached hydrogen (secondary N) is 1. The van der Waals surface area contributed by atoms with E-state index in [1.165, 1.54) is 101 Å². The number of fused-ring (bicyclic) bond motifs is 1. The second-order valence-corrected chi connectivity index (χ2v) is 9.18. The Labute approximate surface area is 182 Å². The maximum Gasteiger partial charge on any atom is 0.204 e. The van der Waals surface area contributed by atoms with Crippen molar-refractivity contribution in [3.05, 3.63) is 24.3 Å². The maximum atomic E-state index is 4.52. The quantitative estimate of drug-likeness (QED) is 0.150. The van der Waals surface area contributed by atoms with Crippen LogP contribution < -0.4 is 5.43 Å². The lowest BCUT2D eigenvalue weighted by Crippen LogP contribution is -1.88. The summed E-state index contributed by atoms with van der Waals surface area (Å²) >= 11 is 1.65. The molecule has 0 radical (unpaired) electrons. The van der Waals surface area contributed by atoms with E-state index >= 15 is 0 Å². The van der Waals surface area contributed by atoms with Crippen LogP contribution in [0.15, 0.2) is 29.4 Å². The number of thiazole rings is 1. The molecule has 0 bridgehead atoms. The largest absolute Gasteiger partial charge is 0.253 e. The van der Waals surface area contributed by atoms with Gasteiger partial charge in [0, 0.05) is 6.21 Å². The molecule has 0 unspecified atom stereocenters. The van der Waals surface area contributed by atoms with Crippen molar-refractivity contribution < 1.29 is 0 Å². The van der Waals surface area contributed by atoms with Crippen molar-refractivity contribution in [2.24, 2.45) is 5.10 Å². The first-order valence-corrected chi connectivity index (χ1v) is 12.8. The van der Waals surface area contributed by atoms with E-state index in [0.29, 0.717) is 0 Å². The minimum Gasteiger partial charge on any atom is -0.253 e. The molecule has 0 atom stereocenters. The fourth-order valence-electron chi connectivity index (χ4n) is 3.69. The standard InChI is InChI=1S/C25H41N3S/c1-2-3-4-5-6-7-8-9-10-11-12-13-14-15-16-19-22-26-28-25-27-23-20-17-18-21-24(23)29-25/h17-18,20-22H,2-16,19H2,1H3,(H,27,28)/b26-22+. The molecule has 0 aliphatic rings. The van der Waals surface area contributed by atoms with Crippen LogP contribution in [0.3, 0.4) is 0 Å². The van der Waals surface area contributed by atoms with Gasteiger partial charge >= 0.3 is 0 Å². The van der Waals surface area contributed by atoms with E-state index in [9.17, 15) is 0 Å². The number of hydrogen-bond acceptors (Lipinski definition) is 4. The number of anilines is 1. The number of nitrogens with zero attached hydrogens (tertiary/aromatic N) is 2. The van der Waals surface area contributed by atoms with Crippen LogP contribution in [0.25, 0.3) is 10.2 Å². The van der Waals surface area contributed by atoms with Crippen LogP contribution in [0.1, 0.15) is 110 Å². The maximum absolute atomic E-state index is 4.52. The molecule has 0 saturated heterocycles. The predicted octanol–water partition coefficient (Wildman–Crippen LogP) is 8.96. The van der Waals surface area contributed by atoms with Crippen LogP contribution in [0.5, 0.6) is 0 Å². The zero-order chi connectivity index (χ0) is 20.4. The zero-order valence-corrected chi connectivity index (χ0v) is 19.3. The average Bonchev–Trinajstić information content (AvgIpc) is 3.16. The normalized spacial score (nSPS) is 11.6. The molecule has 162 valence electrons. The molecule has 0 saturated carbocycles. The molecule has 29 heavy (non-hydrogen) atoms. The Morgan fingerprint density at radius 3 is 1.93 bits per heavy atom. The molecule has 1 aromatic heterocycles. The smallest absolute Gasteiger partial charge is 0.204 e. The molecule has 1 N–H and O–H groups in total. The number of benzene rings is 1. The highest BCUT2D eigenvalue weighted by Crippen LogP contribution is 2.25. The molecule has 1 heterocycles. The van der Waals surface area contributed by atoms with Gasteiger partial charge in [0.1, 0.15) is 0 Å². The van der Waals surface area contributed by atoms with E-state index in [0.717, 1.165) is 17.1 Å². The first-order chi connectivity index (χ1) is 14.4. The molecule has 0 spiro atoms. The summed E-state index contributed by atoms with van der Waals surface area (Å²) in [7, 11) is 0. The fourth-order valence-corrected chi connectivity index (χ4v) is 4.51. The van der Waals surface area contributed by atoms with E-state index in [2.05, 4.69) is 28.5 Å². The van der Waals surface area contributed by atoms with E-state index in [-0.39, 0.29) is 0 Å². The molecular weight excluding hydrogens is 374 g/mol. The molecule has 0 fully saturated rings. The van der Waals surface area contributed by atoms with E-state index in [1.54, 1.807) is 11.3 Å². The van der Waals surface area contributed by atoms with Gasteiger partial charge < -0.3 is 0 Å². The molecule has 0 aliphatic heterocycles. The number of rotatable bonds is 18. The zero-order valence-electron chi connectivity index (χ0n) is 18.5. The number of hydrazone groups is 1. The molecule has 0 amide bonds. The Morgan fingerprint density at radius 1 is 0.793 bits per heavy atom. The topological polar surface area (TPSA) is 37.3 Å². The van der Waals surface area contributed by atoms with Crippen molar-refractivity contribution in [3.63, 3.8) is 0 Å². The second kappa shape index (κ2) is 16.4. The van der Waals surface area contributed by atoms with Gasteiger partial charge in [0.2, 0.25) is 5.13 Å². The first-order valence-electron chi connectivity index (χ1n) is 12.0. The lowest BCUT2D eigenvalue weighted by Gasteiger charge is -2.03. The third kappa shape index (κ3) is 11.4. The highest BCUT2D eigenvalue weighted by atomic mass is 32.1. The third-order valence-electron chi connectivity index (χ3n) is 5.48. The van der Waals surface area contributed by atoms with Crippen LogP contribution in [0, 0.1) is 0 Å². The minimum absolute atomic E-state index is 0.874. The Bertz CT molecular complexity index is 632. The second-order valence-electron chi connectivity index (χ2n) is 8.15.